The van der Waals surface area contributed by atoms with Crippen molar-refractivity contribution in [3.05, 3.63) is 30.1 Å². The van der Waals surface area contributed by atoms with Crippen LogP contribution in [0.4, 0.5) is 14.9 Å². The number of anilines is 1. The fourth-order valence-corrected chi connectivity index (χ4v) is 2.87. The van der Waals surface area contributed by atoms with Crippen LogP contribution >= 0.6 is 0 Å². The Bertz CT molecular complexity index is 628. The molecule has 1 aliphatic rings. The monoisotopic (exact) mass is 365 g/mol. The average Bonchev–Trinajstić information content (AvgIpc) is 2.61. The van der Waals surface area contributed by atoms with E-state index >= 15 is 0 Å². The number of nitrogens with zero attached hydrogens (tertiary/aromatic N) is 1. The first-order valence-electron chi connectivity index (χ1n) is 8.76. The summed E-state index contributed by atoms with van der Waals surface area (Å²) in [6, 6.07) is 5.15. The van der Waals surface area contributed by atoms with E-state index < -0.39 is 5.97 Å². The summed E-state index contributed by atoms with van der Waals surface area (Å²) in [4.78, 5) is 36.3. The van der Waals surface area contributed by atoms with Crippen molar-refractivity contribution in [2.75, 3.05) is 18.4 Å². The maximum atomic E-state index is 12.8. The number of amides is 3. The molecule has 8 heteroatoms. The van der Waals surface area contributed by atoms with Crippen molar-refractivity contribution in [1.82, 2.24) is 10.2 Å². The highest BCUT2D eigenvalue weighted by Crippen LogP contribution is 2.14. The zero-order valence-corrected chi connectivity index (χ0v) is 14.5. The largest absolute Gasteiger partial charge is 0.481 e. The van der Waals surface area contributed by atoms with Crippen LogP contribution in [0.3, 0.4) is 0 Å². The second-order valence-electron chi connectivity index (χ2n) is 6.36. The van der Waals surface area contributed by atoms with E-state index in [2.05, 4.69) is 10.6 Å². The number of carboxylic acid groups (broad SMARTS) is 1. The molecule has 0 bridgehead atoms. The molecule has 0 radical (unpaired) electrons. The number of hydrogen-bond acceptors (Lipinski definition) is 3. The molecule has 0 unspecified atom stereocenters. The lowest BCUT2D eigenvalue weighted by Gasteiger charge is -2.32. The number of halogens is 1. The maximum absolute atomic E-state index is 12.8. The minimum atomic E-state index is -0.844. The highest BCUT2D eigenvalue weighted by atomic mass is 19.1. The summed E-state index contributed by atoms with van der Waals surface area (Å²) in [5, 5.41) is 14.1. The van der Waals surface area contributed by atoms with Crippen molar-refractivity contribution in [2.45, 2.75) is 44.6 Å². The predicted octanol–water partition coefficient (Wildman–Crippen LogP) is 2.58. The first-order chi connectivity index (χ1) is 12.4. The first-order valence-corrected chi connectivity index (χ1v) is 8.76. The Kier molecular flexibility index (Phi) is 7.37. The predicted molar refractivity (Wildman–Crippen MR) is 94.3 cm³/mol. The van der Waals surface area contributed by atoms with Gasteiger partial charge < -0.3 is 20.6 Å². The van der Waals surface area contributed by atoms with Crippen molar-refractivity contribution in [3.63, 3.8) is 0 Å². The van der Waals surface area contributed by atoms with Gasteiger partial charge in [-0.05, 0) is 49.9 Å². The second-order valence-corrected chi connectivity index (χ2v) is 6.36. The molecule has 3 N–H and O–H groups in total. The lowest BCUT2D eigenvalue weighted by Crippen LogP contribution is -2.47. The van der Waals surface area contributed by atoms with Gasteiger partial charge in [0.05, 0.1) is 0 Å². The number of likely N-dealkylation sites (tertiary alicyclic amines) is 1. The fourth-order valence-electron chi connectivity index (χ4n) is 2.87. The Hall–Kier alpha value is -2.64. The zero-order valence-electron chi connectivity index (χ0n) is 14.5. The molecule has 1 aliphatic heterocycles. The molecule has 0 aliphatic carbocycles. The van der Waals surface area contributed by atoms with Gasteiger partial charge in [-0.15, -0.1) is 0 Å². The molecule has 2 rings (SSSR count). The van der Waals surface area contributed by atoms with Crippen LogP contribution in [0.25, 0.3) is 0 Å². The second kappa shape index (κ2) is 9.74. The third kappa shape index (κ3) is 6.70. The summed E-state index contributed by atoms with van der Waals surface area (Å²) < 4.78 is 12.8. The van der Waals surface area contributed by atoms with Gasteiger partial charge in [0.25, 0.3) is 0 Å². The number of hydrogen-bond donors (Lipinski definition) is 3. The highest BCUT2D eigenvalue weighted by Gasteiger charge is 2.23. The Balaban J connectivity index is 1.66. The molecule has 26 heavy (non-hydrogen) atoms. The Morgan fingerprint density at radius 2 is 1.69 bits per heavy atom. The van der Waals surface area contributed by atoms with E-state index in [1.54, 1.807) is 4.90 Å². The fraction of sp³-hybridized carbons (Fsp3) is 0.500. The quantitative estimate of drug-likeness (QED) is 0.647. The Morgan fingerprint density at radius 3 is 2.31 bits per heavy atom. The standard InChI is InChI=1S/C18H24FN3O4/c19-13-5-7-14(8-6-13)20-18(26)21-15-9-11-22(12-10-15)16(23)3-1-2-4-17(24)25/h5-8,15H,1-4,9-12H2,(H,24,25)(H2,20,21,26). The Morgan fingerprint density at radius 1 is 1.08 bits per heavy atom. The summed E-state index contributed by atoms with van der Waals surface area (Å²) >= 11 is 0. The third-order valence-corrected chi connectivity index (χ3v) is 4.32. The van der Waals surface area contributed by atoms with Crippen LogP contribution in [-0.4, -0.2) is 47.0 Å². The average molecular weight is 365 g/mol. The van der Waals surface area contributed by atoms with Crippen LogP contribution in [-0.2, 0) is 9.59 Å². The van der Waals surface area contributed by atoms with Crippen molar-refractivity contribution >= 4 is 23.6 Å². The van der Waals surface area contributed by atoms with Crippen LogP contribution in [0, 0.1) is 5.82 Å². The van der Waals surface area contributed by atoms with E-state index in [-0.39, 0.29) is 30.2 Å². The summed E-state index contributed by atoms with van der Waals surface area (Å²) in [5.41, 5.74) is 0.512. The van der Waals surface area contributed by atoms with E-state index in [0.717, 1.165) is 0 Å². The van der Waals surface area contributed by atoms with Crippen LogP contribution in [0.1, 0.15) is 38.5 Å². The number of carboxylic acids is 1. The van der Waals surface area contributed by atoms with E-state index in [4.69, 9.17) is 5.11 Å². The number of unbranched alkanes of at least 4 members (excludes halogenated alkanes) is 1. The number of carbonyl (C=O) groups excluding carboxylic acids is 2. The molecular weight excluding hydrogens is 341 g/mol. The minimum Gasteiger partial charge on any atom is -0.481 e. The molecule has 1 fully saturated rings. The highest BCUT2D eigenvalue weighted by molar-refractivity contribution is 5.89. The van der Waals surface area contributed by atoms with Gasteiger partial charge in [-0.1, -0.05) is 0 Å². The molecule has 1 saturated heterocycles. The number of aliphatic carboxylic acids is 1. The van der Waals surface area contributed by atoms with Gasteiger partial charge in [0.1, 0.15) is 5.82 Å². The van der Waals surface area contributed by atoms with Crippen LogP contribution in [0.5, 0.6) is 0 Å². The van der Waals surface area contributed by atoms with Crippen molar-refractivity contribution in [1.29, 1.82) is 0 Å². The molecule has 1 heterocycles. The zero-order chi connectivity index (χ0) is 18.9. The normalized spacial score (nSPS) is 14.7. The summed E-state index contributed by atoms with van der Waals surface area (Å²) in [6.45, 7) is 1.14. The number of carbonyl (C=O) groups is 3. The molecule has 0 spiro atoms. The van der Waals surface area contributed by atoms with Gasteiger partial charge >= 0.3 is 12.0 Å². The number of rotatable bonds is 7. The summed E-state index contributed by atoms with van der Waals surface area (Å²) in [7, 11) is 0. The Labute approximate surface area is 151 Å². The van der Waals surface area contributed by atoms with E-state index in [1.807, 2.05) is 0 Å². The summed E-state index contributed by atoms with van der Waals surface area (Å²) in [5.74, 6) is -1.18. The van der Waals surface area contributed by atoms with Crippen LogP contribution in [0.2, 0.25) is 0 Å². The van der Waals surface area contributed by atoms with Gasteiger partial charge in [-0.2, -0.15) is 0 Å². The number of nitrogens with one attached hydrogen (secondary N) is 2. The first kappa shape index (κ1) is 19.7. The molecule has 3 amide bonds. The molecule has 1 aromatic carbocycles. The molecule has 142 valence electrons. The van der Waals surface area contributed by atoms with E-state index in [9.17, 15) is 18.8 Å². The molecule has 0 aromatic heterocycles. The van der Waals surface area contributed by atoms with Crippen molar-refractivity contribution in [3.8, 4) is 0 Å². The van der Waals surface area contributed by atoms with E-state index in [1.165, 1.54) is 24.3 Å². The van der Waals surface area contributed by atoms with Gasteiger partial charge in [-0.3, -0.25) is 9.59 Å². The minimum absolute atomic E-state index is 0.0218. The molecule has 0 saturated carbocycles. The number of urea groups is 1. The molecule has 7 nitrogen and oxygen atoms in total. The molecule has 0 atom stereocenters. The molecular formula is C18H24FN3O4. The lowest BCUT2D eigenvalue weighted by atomic mass is 10.0. The van der Waals surface area contributed by atoms with Crippen LogP contribution < -0.4 is 10.6 Å². The van der Waals surface area contributed by atoms with Crippen molar-refractivity contribution < 1.29 is 23.9 Å². The summed E-state index contributed by atoms with van der Waals surface area (Å²) in [6.07, 6.45) is 2.85. The maximum Gasteiger partial charge on any atom is 0.319 e. The smallest absolute Gasteiger partial charge is 0.319 e. The third-order valence-electron chi connectivity index (χ3n) is 4.32. The number of benzene rings is 1. The lowest BCUT2D eigenvalue weighted by molar-refractivity contribution is -0.137. The topological polar surface area (TPSA) is 98.7 Å². The number of piperidine rings is 1. The van der Waals surface area contributed by atoms with Gasteiger partial charge in [0.15, 0.2) is 0 Å². The van der Waals surface area contributed by atoms with Gasteiger partial charge in [-0.25, -0.2) is 9.18 Å². The van der Waals surface area contributed by atoms with Gasteiger partial charge in [0, 0.05) is 37.7 Å². The van der Waals surface area contributed by atoms with Gasteiger partial charge in [0.2, 0.25) is 5.91 Å². The molecule has 1 aromatic rings. The van der Waals surface area contributed by atoms with Crippen LogP contribution in [0.15, 0.2) is 24.3 Å². The van der Waals surface area contributed by atoms with Crippen molar-refractivity contribution in [2.24, 2.45) is 0 Å². The SMILES string of the molecule is O=C(O)CCCCC(=O)N1CCC(NC(=O)Nc2ccc(F)cc2)CC1. The van der Waals surface area contributed by atoms with E-state index in [0.29, 0.717) is 50.9 Å².